The zero-order valence-corrected chi connectivity index (χ0v) is 24.8. The van der Waals surface area contributed by atoms with E-state index >= 15 is 0 Å². The number of alkyl carbamates (subject to hydrolysis) is 1. The molecule has 0 bridgehead atoms. The van der Waals surface area contributed by atoms with Crippen LogP contribution in [0, 0.1) is 0 Å². The van der Waals surface area contributed by atoms with Crippen molar-refractivity contribution in [1.82, 2.24) is 15.5 Å². The highest BCUT2D eigenvalue weighted by Gasteiger charge is 2.44. The van der Waals surface area contributed by atoms with E-state index in [-0.39, 0.29) is 31.9 Å². The van der Waals surface area contributed by atoms with Crippen LogP contribution >= 0.6 is 0 Å². The smallest absolute Gasteiger partial charge is 0.408 e. The lowest BCUT2D eigenvalue weighted by Crippen LogP contribution is -2.55. The number of nitrogens with zero attached hydrogens (tertiary/aromatic N) is 1. The summed E-state index contributed by atoms with van der Waals surface area (Å²) in [5, 5.41) is 5.51. The van der Waals surface area contributed by atoms with Gasteiger partial charge in [0.2, 0.25) is 11.7 Å². The summed E-state index contributed by atoms with van der Waals surface area (Å²) in [5.41, 5.74) is 1.95. The minimum Gasteiger partial charge on any atom is -0.445 e. The van der Waals surface area contributed by atoms with Crippen molar-refractivity contribution in [3.63, 3.8) is 0 Å². The summed E-state index contributed by atoms with van der Waals surface area (Å²) in [6, 6.07) is 25.7. The molecule has 1 aliphatic rings. The molecule has 1 aliphatic heterocycles. The van der Waals surface area contributed by atoms with Gasteiger partial charge < -0.3 is 25.0 Å². The summed E-state index contributed by atoms with van der Waals surface area (Å²) in [6.45, 7) is 5.93. The first-order valence-electron chi connectivity index (χ1n) is 14.4. The van der Waals surface area contributed by atoms with Gasteiger partial charge in [0.1, 0.15) is 18.7 Å². The fourth-order valence-corrected chi connectivity index (χ4v) is 4.89. The number of Topliss-reactive ketones (excluding diaryl/α,β-unsaturated/α-hetero) is 1. The number of benzene rings is 3. The van der Waals surface area contributed by atoms with E-state index in [1.807, 2.05) is 112 Å². The third kappa shape index (κ3) is 9.51. The second-order valence-corrected chi connectivity index (χ2v) is 11.7. The van der Waals surface area contributed by atoms with Crippen molar-refractivity contribution in [3.05, 3.63) is 108 Å². The molecule has 43 heavy (non-hydrogen) atoms. The van der Waals surface area contributed by atoms with Crippen LogP contribution in [0.4, 0.5) is 4.79 Å². The molecule has 1 saturated heterocycles. The van der Waals surface area contributed by atoms with Crippen LogP contribution in [0.25, 0.3) is 0 Å². The first-order chi connectivity index (χ1) is 20.6. The van der Waals surface area contributed by atoms with Crippen molar-refractivity contribution < 1.29 is 28.7 Å². The van der Waals surface area contributed by atoms with Crippen LogP contribution in [0.1, 0.15) is 43.9 Å². The van der Waals surface area contributed by atoms with Crippen LogP contribution < -0.4 is 10.6 Å². The van der Waals surface area contributed by atoms with Gasteiger partial charge in [-0.1, -0.05) is 91.0 Å². The van der Waals surface area contributed by atoms with Crippen LogP contribution in [0.2, 0.25) is 0 Å². The molecule has 226 valence electrons. The molecule has 9 nitrogen and oxygen atoms in total. The molecule has 0 spiro atoms. The average Bonchev–Trinajstić information content (AvgIpc) is 3.43. The predicted octanol–water partition coefficient (Wildman–Crippen LogP) is 4.19. The molecular weight excluding hydrogens is 546 g/mol. The number of ether oxygens (including phenoxy) is 2. The maximum atomic E-state index is 13.8. The Hall–Kier alpha value is -4.50. The van der Waals surface area contributed by atoms with E-state index in [4.69, 9.17) is 9.47 Å². The second kappa shape index (κ2) is 14.6. The number of hydrogen-bond acceptors (Lipinski definition) is 6. The third-order valence-corrected chi connectivity index (χ3v) is 6.97. The first kappa shape index (κ1) is 31.4. The number of rotatable bonds is 11. The Morgan fingerprint density at radius 2 is 1.35 bits per heavy atom. The second-order valence-electron chi connectivity index (χ2n) is 11.7. The molecule has 4 rings (SSSR count). The van der Waals surface area contributed by atoms with Crippen LogP contribution in [0.3, 0.4) is 0 Å². The van der Waals surface area contributed by atoms with Gasteiger partial charge in [-0.25, -0.2) is 4.79 Å². The highest BCUT2D eigenvalue weighted by molar-refractivity contribution is 6.38. The van der Waals surface area contributed by atoms with Gasteiger partial charge in [0, 0.05) is 24.9 Å². The Morgan fingerprint density at radius 1 is 0.814 bits per heavy atom. The number of amides is 3. The van der Waals surface area contributed by atoms with E-state index in [1.165, 1.54) is 4.90 Å². The zero-order chi connectivity index (χ0) is 30.8. The van der Waals surface area contributed by atoms with E-state index in [0.29, 0.717) is 6.61 Å². The van der Waals surface area contributed by atoms with Crippen molar-refractivity contribution in [2.24, 2.45) is 0 Å². The molecule has 0 aliphatic carbocycles. The molecule has 9 heteroatoms. The van der Waals surface area contributed by atoms with Crippen molar-refractivity contribution in [2.75, 3.05) is 6.54 Å². The summed E-state index contributed by atoms with van der Waals surface area (Å²) in [5.74, 6) is -2.06. The number of nitrogens with one attached hydrogen (secondary N) is 2. The van der Waals surface area contributed by atoms with Gasteiger partial charge in [0.15, 0.2) is 0 Å². The van der Waals surface area contributed by atoms with Crippen molar-refractivity contribution >= 4 is 23.7 Å². The van der Waals surface area contributed by atoms with Gasteiger partial charge >= 0.3 is 6.09 Å². The number of hydrogen-bond donors (Lipinski definition) is 2. The SMILES string of the molecule is CC(C)(C)NC(=O)[C@@H]1C[C@H](OCc2ccccc2)CN1C(=O)C(=O)C(Cc1ccccc1)NC(=O)OCc1ccccc1. The molecule has 3 aromatic carbocycles. The topological polar surface area (TPSA) is 114 Å². The summed E-state index contributed by atoms with van der Waals surface area (Å²) >= 11 is 0. The summed E-state index contributed by atoms with van der Waals surface area (Å²) in [4.78, 5) is 54.9. The van der Waals surface area contributed by atoms with Gasteiger partial charge in [0.05, 0.1) is 12.7 Å². The Morgan fingerprint density at radius 3 is 1.91 bits per heavy atom. The molecule has 3 aromatic rings. The Bertz CT molecular complexity index is 1380. The summed E-state index contributed by atoms with van der Waals surface area (Å²) in [6.07, 6.45) is -0.960. The van der Waals surface area contributed by atoms with Crippen molar-refractivity contribution in [1.29, 1.82) is 0 Å². The van der Waals surface area contributed by atoms with Gasteiger partial charge in [-0.15, -0.1) is 0 Å². The van der Waals surface area contributed by atoms with Crippen molar-refractivity contribution in [3.8, 4) is 0 Å². The Labute approximate surface area is 252 Å². The average molecular weight is 586 g/mol. The maximum absolute atomic E-state index is 13.8. The van der Waals surface area contributed by atoms with E-state index in [9.17, 15) is 19.2 Å². The fraction of sp³-hybridized carbons (Fsp3) is 0.353. The zero-order valence-electron chi connectivity index (χ0n) is 24.8. The monoisotopic (exact) mass is 585 g/mol. The quantitative estimate of drug-likeness (QED) is 0.326. The fourth-order valence-electron chi connectivity index (χ4n) is 4.89. The van der Waals surface area contributed by atoms with Crippen LogP contribution in [0.5, 0.6) is 0 Å². The van der Waals surface area contributed by atoms with Gasteiger partial charge in [-0.2, -0.15) is 0 Å². The minimum atomic E-state index is -1.20. The molecule has 1 fully saturated rings. The van der Waals surface area contributed by atoms with Crippen molar-refractivity contribution in [2.45, 2.75) is 70.6 Å². The molecule has 3 atom stereocenters. The third-order valence-electron chi connectivity index (χ3n) is 6.97. The number of carbonyl (C=O) groups is 4. The number of carbonyl (C=O) groups excluding carboxylic acids is 4. The molecular formula is C34H39N3O6. The maximum Gasteiger partial charge on any atom is 0.408 e. The van der Waals surface area contributed by atoms with Gasteiger partial charge in [-0.05, 0) is 37.5 Å². The van der Waals surface area contributed by atoms with Gasteiger partial charge in [-0.3, -0.25) is 14.4 Å². The minimum absolute atomic E-state index is 0.00841. The molecule has 2 N–H and O–H groups in total. The molecule has 1 unspecified atom stereocenters. The molecule has 0 radical (unpaired) electrons. The summed E-state index contributed by atoms with van der Waals surface area (Å²) < 4.78 is 11.4. The highest BCUT2D eigenvalue weighted by atomic mass is 16.5. The van der Waals surface area contributed by atoms with E-state index in [2.05, 4.69) is 10.6 Å². The summed E-state index contributed by atoms with van der Waals surface area (Å²) in [7, 11) is 0. The number of ketones is 1. The Balaban J connectivity index is 1.50. The molecule has 1 heterocycles. The van der Waals surface area contributed by atoms with E-state index in [0.717, 1.165) is 16.7 Å². The number of likely N-dealkylation sites (tertiary alicyclic amines) is 1. The lowest BCUT2D eigenvalue weighted by molar-refractivity contribution is -0.148. The molecule has 3 amide bonds. The van der Waals surface area contributed by atoms with Gasteiger partial charge in [0.25, 0.3) is 5.91 Å². The normalized spacial score (nSPS) is 17.1. The van der Waals surface area contributed by atoms with Crippen LogP contribution in [-0.4, -0.2) is 58.9 Å². The van der Waals surface area contributed by atoms with Crippen LogP contribution in [0.15, 0.2) is 91.0 Å². The molecule has 0 saturated carbocycles. The van der Waals surface area contributed by atoms with E-state index in [1.54, 1.807) is 0 Å². The molecule has 0 aromatic heterocycles. The van der Waals surface area contributed by atoms with E-state index < -0.39 is 41.5 Å². The Kier molecular flexibility index (Phi) is 10.7. The first-order valence-corrected chi connectivity index (χ1v) is 14.4. The largest absolute Gasteiger partial charge is 0.445 e. The lowest BCUT2D eigenvalue weighted by Gasteiger charge is -2.28. The highest BCUT2D eigenvalue weighted by Crippen LogP contribution is 2.24. The van der Waals surface area contributed by atoms with Crippen LogP contribution in [-0.2, 0) is 43.5 Å². The standard InChI is InChI=1S/C34H39N3O6/c1-34(2,3)36-31(39)29-20-27(42-22-25-15-9-5-10-16-25)21-37(29)32(40)30(38)28(19-24-13-7-4-8-14-24)35-33(41)43-23-26-17-11-6-12-18-26/h4-18,27-29H,19-23H2,1-3H3,(H,35,41)(H,36,39)/t27-,28?,29-/m0/s1. The lowest BCUT2D eigenvalue weighted by atomic mass is 10.0. The predicted molar refractivity (Wildman–Crippen MR) is 162 cm³/mol.